The Morgan fingerprint density at radius 3 is 2.33 bits per heavy atom. The smallest absolute Gasteiger partial charge is 0.320 e. The molecule has 0 spiro atoms. The van der Waals surface area contributed by atoms with Gasteiger partial charge in [0.2, 0.25) is 0 Å². The number of hydrogen-bond acceptors (Lipinski definition) is 3. The van der Waals surface area contributed by atoms with Crippen LogP contribution in [0.2, 0.25) is 0 Å². The average molecular weight is 259 g/mol. The number of ether oxygens (including phenoxy) is 1. The van der Waals surface area contributed by atoms with Crippen molar-refractivity contribution in [3.05, 3.63) is 0 Å². The Hall–Kier alpha value is -0.610. The first kappa shape index (κ1) is 17.4. The van der Waals surface area contributed by atoms with E-state index in [0.717, 1.165) is 12.8 Å². The third-order valence-corrected chi connectivity index (χ3v) is 2.99. The van der Waals surface area contributed by atoms with Gasteiger partial charge in [0, 0.05) is 6.61 Å². The Morgan fingerprint density at radius 1 is 1.17 bits per heavy atom. The minimum Gasteiger partial charge on any atom is -0.480 e. The summed E-state index contributed by atoms with van der Waals surface area (Å²) in [6, 6.07) is -0.556. The normalized spacial score (nSPS) is 14.4. The first-order valence-electron chi connectivity index (χ1n) is 7.22. The molecule has 2 unspecified atom stereocenters. The fourth-order valence-electron chi connectivity index (χ4n) is 1.74. The molecule has 0 amide bonds. The summed E-state index contributed by atoms with van der Waals surface area (Å²) in [5.41, 5.74) is 0. The molecular weight excluding hydrogens is 230 g/mol. The van der Waals surface area contributed by atoms with Crippen molar-refractivity contribution in [2.75, 3.05) is 6.61 Å². The molecule has 0 aromatic carbocycles. The van der Waals surface area contributed by atoms with Gasteiger partial charge >= 0.3 is 5.97 Å². The molecule has 108 valence electrons. The number of aliphatic carboxylic acids is 1. The van der Waals surface area contributed by atoms with Crippen LogP contribution in [-0.4, -0.2) is 30.0 Å². The highest BCUT2D eigenvalue weighted by Gasteiger charge is 2.15. The molecule has 0 rings (SSSR count). The van der Waals surface area contributed by atoms with Crippen LogP contribution in [-0.2, 0) is 9.53 Å². The predicted octanol–water partition coefficient (Wildman–Crippen LogP) is 3.16. The van der Waals surface area contributed by atoms with E-state index in [1.54, 1.807) is 6.92 Å². The maximum atomic E-state index is 10.7. The lowest BCUT2D eigenvalue weighted by molar-refractivity contribution is -0.140. The molecule has 2 atom stereocenters. The number of carboxylic acid groups (broad SMARTS) is 1. The summed E-state index contributed by atoms with van der Waals surface area (Å²) in [5.74, 6) is -0.836. The molecule has 0 aliphatic heterocycles. The summed E-state index contributed by atoms with van der Waals surface area (Å²) in [4.78, 5) is 10.7. The molecule has 0 aliphatic carbocycles. The van der Waals surface area contributed by atoms with Crippen molar-refractivity contribution in [3.63, 3.8) is 0 Å². The van der Waals surface area contributed by atoms with Gasteiger partial charge in [-0.25, -0.2) is 0 Å². The Kier molecular flexibility index (Phi) is 11.1. The van der Waals surface area contributed by atoms with E-state index in [-0.39, 0.29) is 6.23 Å². The summed E-state index contributed by atoms with van der Waals surface area (Å²) >= 11 is 0. The number of carbonyl (C=O) groups is 1. The zero-order valence-corrected chi connectivity index (χ0v) is 12.1. The predicted molar refractivity (Wildman–Crippen MR) is 73.6 cm³/mol. The molecule has 0 bridgehead atoms. The van der Waals surface area contributed by atoms with E-state index >= 15 is 0 Å². The van der Waals surface area contributed by atoms with Crippen molar-refractivity contribution in [2.45, 2.75) is 78.0 Å². The molecule has 2 N–H and O–H groups in total. The SMILES string of the molecule is CCCCCCCCOC(CC)NC(C)C(=O)O. The molecule has 0 heterocycles. The van der Waals surface area contributed by atoms with Crippen LogP contribution in [0.4, 0.5) is 0 Å². The molecule has 4 heteroatoms. The largest absolute Gasteiger partial charge is 0.480 e. The van der Waals surface area contributed by atoms with Gasteiger partial charge in [0.25, 0.3) is 0 Å². The van der Waals surface area contributed by atoms with E-state index in [1.165, 1.54) is 32.1 Å². The summed E-state index contributed by atoms with van der Waals surface area (Å²) in [6.45, 7) is 6.56. The maximum absolute atomic E-state index is 10.7. The van der Waals surface area contributed by atoms with Gasteiger partial charge in [0.05, 0.1) is 0 Å². The molecule has 18 heavy (non-hydrogen) atoms. The summed E-state index contributed by atoms with van der Waals surface area (Å²) < 4.78 is 5.64. The van der Waals surface area contributed by atoms with Gasteiger partial charge in [-0.05, 0) is 19.8 Å². The number of nitrogens with one attached hydrogen (secondary N) is 1. The maximum Gasteiger partial charge on any atom is 0.320 e. The van der Waals surface area contributed by atoms with Crippen LogP contribution in [0, 0.1) is 0 Å². The minimum atomic E-state index is -0.836. The van der Waals surface area contributed by atoms with Crippen LogP contribution in [0.3, 0.4) is 0 Å². The summed E-state index contributed by atoms with van der Waals surface area (Å²) in [6.07, 6.45) is 8.06. The Bertz CT molecular complexity index is 209. The summed E-state index contributed by atoms with van der Waals surface area (Å²) in [5, 5.41) is 11.8. The van der Waals surface area contributed by atoms with Crippen LogP contribution >= 0.6 is 0 Å². The lowest BCUT2D eigenvalue weighted by Gasteiger charge is -2.20. The molecule has 0 aromatic heterocycles. The van der Waals surface area contributed by atoms with E-state index in [2.05, 4.69) is 12.2 Å². The van der Waals surface area contributed by atoms with Gasteiger partial charge in [-0.2, -0.15) is 0 Å². The number of hydrogen-bond donors (Lipinski definition) is 2. The van der Waals surface area contributed by atoms with Gasteiger partial charge in [0.15, 0.2) is 0 Å². The van der Waals surface area contributed by atoms with Gasteiger partial charge in [-0.15, -0.1) is 0 Å². The van der Waals surface area contributed by atoms with Crippen molar-refractivity contribution < 1.29 is 14.6 Å². The summed E-state index contributed by atoms with van der Waals surface area (Å²) in [7, 11) is 0. The lowest BCUT2D eigenvalue weighted by atomic mass is 10.1. The van der Waals surface area contributed by atoms with Gasteiger partial charge in [0.1, 0.15) is 12.3 Å². The molecule has 0 fully saturated rings. The number of unbranched alkanes of at least 4 members (excludes halogenated alkanes) is 5. The van der Waals surface area contributed by atoms with E-state index in [0.29, 0.717) is 6.61 Å². The Labute approximate surface area is 111 Å². The highest BCUT2D eigenvalue weighted by atomic mass is 16.5. The van der Waals surface area contributed by atoms with Crippen LogP contribution in [0.15, 0.2) is 0 Å². The van der Waals surface area contributed by atoms with Crippen LogP contribution in [0.5, 0.6) is 0 Å². The Balaban J connectivity index is 3.53. The van der Waals surface area contributed by atoms with Crippen molar-refractivity contribution >= 4 is 5.97 Å². The molecule has 0 radical (unpaired) electrons. The minimum absolute atomic E-state index is 0.147. The molecule has 0 saturated heterocycles. The molecule has 4 nitrogen and oxygen atoms in total. The van der Waals surface area contributed by atoms with E-state index in [1.807, 2.05) is 6.92 Å². The third kappa shape index (κ3) is 9.42. The monoisotopic (exact) mass is 259 g/mol. The van der Waals surface area contributed by atoms with Crippen LogP contribution < -0.4 is 5.32 Å². The second-order valence-electron chi connectivity index (χ2n) is 4.76. The van der Waals surface area contributed by atoms with Crippen LogP contribution in [0.1, 0.15) is 65.7 Å². The zero-order valence-electron chi connectivity index (χ0n) is 12.1. The highest BCUT2D eigenvalue weighted by Crippen LogP contribution is 2.06. The third-order valence-electron chi connectivity index (χ3n) is 2.99. The van der Waals surface area contributed by atoms with Crippen molar-refractivity contribution in [2.24, 2.45) is 0 Å². The second-order valence-corrected chi connectivity index (χ2v) is 4.76. The van der Waals surface area contributed by atoms with E-state index < -0.39 is 12.0 Å². The second kappa shape index (κ2) is 11.5. The van der Waals surface area contributed by atoms with Crippen molar-refractivity contribution in [1.82, 2.24) is 5.32 Å². The average Bonchev–Trinajstić information content (AvgIpc) is 2.35. The van der Waals surface area contributed by atoms with Gasteiger partial charge < -0.3 is 9.84 Å². The first-order chi connectivity index (χ1) is 8.61. The van der Waals surface area contributed by atoms with Gasteiger partial charge in [-0.3, -0.25) is 10.1 Å². The highest BCUT2D eigenvalue weighted by molar-refractivity contribution is 5.72. The Morgan fingerprint density at radius 2 is 1.78 bits per heavy atom. The molecule has 0 aliphatic rings. The molecule has 0 saturated carbocycles. The number of rotatable bonds is 12. The topological polar surface area (TPSA) is 58.6 Å². The quantitative estimate of drug-likeness (QED) is 0.417. The van der Waals surface area contributed by atoms with E-state index in [9.17, 15) is 4.79 Å². The van der Waals surface area contributed by atoms with Crippen LogP contribution in [0.25, 0.3) is 0 Å². The lowest BCUT2D eigenvalue weighted by Crippen LogP contribution is -2.42. The van der Waals surface area contributed by atoms with E-state index in [4.69, 9.17) is 9.84 Å². The molecular formula is C14H29NO3. The zero-order chi connectivity index (χ0) is 13.8. The number of carboxylic acids is 1. The van der Waals surface area contributed by atoms with Gasteiger partial charge in [-0.1, -0.05) is 46.0 Å². The fourth-order valence-corrected chi connectivity index (χ4v) is 1.74. The molecule has 0 aromatic rings. The standard InChI is InChI=1S/C14H29NO3/c1-4-6-7-8-9-10-11-18-13(5-2)15-12(3)14(16)17/h12-13,15H,4-11H2,1-3H3,(H,16,17). The first-order valence-corrected chi connectivity index (χ1v) is 7.22. The van der Waals surface area contributed by atoms with Crippen molar-refractivity contribution in [3.8, 4) is 0 Å². The fraction of sp³-hybridized carbons (Fsp3) is 0.929. The van der Waals surface area contributed by atoms with Crippen molar-refractivity contribution in [1.29, 1.82) is 0 Å².